The Morgan fingerprint density at radius 2 is 1.71 bits per heavy atom. The van der Waals surface area contributed by atoms with Crippen molar-refractivity contribution in [3.63, 3.8) is 0 Å². The molecule has 9 heteroatoms. The fourth-order valence-corrected chi connectivity index (χ4v) is 3.42. The van der Waals surface area contributed by atoms with Gasteiger partial charge in [-0.05, 0) is 44.4 Å². The van der Waals surface area contributed by atoms with Crippen molar-refractivity contribution in [2.24, 2.45) is 5.10 Å². The molecule has 0 aliphatic carbocycles. The van der Waals surface area contributed by atoms with Crippen molar-refractivity contribution in [1.82, 2.24) is 15.0 Å². The standard InChI is InChI=1S/C22H23F2N7/c1-15-8-6-7-13-31(15)22-28-20(26-19-12-5-4-11-18(19)24)27-21(29-22)30-25-14-16-9-2-3-10-17(16)23/h2-5,9-12,14-15H,6-8,13H2,1H3,(H2,26,27,28,29,30)/b25-14-/t15-/m1/s1. The maximum absolute atomic E-state index is 14.1. The number of halogens is 2. The van der Waals surface area contributed by atoms with Crippen LogP contribution < -0.4 is 15.6 Å². The van der Waals surface area contributed by atoms with Crippen LogP contribution in [0.4, 0.5) is 32.3 Å². The normalized spacial score (nSPS) is 16.5. The van der Waals surface area contributed by atoms with E-state index in [1.54, 1.807) is 36.4 Å². The number of anilines is 4. The maximum atomic E-state index is 14.1. The van der Waals surface area contributed by atoms with Crippen molar-refractivity contribution in [1.29, 1.82) is 0 Å². The van der Waals surface area contributed by atoms with Crippen LogP contribution in [0.25, 0.3) is 0 Å². The summed E-state index contributed by atoms with van der Waals surface area (Å²) >= 11 is 0. The SMILES string of the molecule is C[C@@H]1CCCCN1c1nc(N/N=C\c2ccccc2F)nc(Nc2ccccc2F)n1. The van der Waals surface area contributed by atoms with Gasteiger partial charge >= 0.3 is 0 Å². The Kier molecular flexibility index (Phi) is 6.30. The summed E-state index contributed by atoms with van der Waals surface area (Å²) < 4.78 is 27.9. The Morgan fingerprint density at radius 1 is 0.968 bits per heavy atom. The van der Waals surface area contributed by atoms with Crippen LogP contribution >= 0.6 is 0 Å². The summed E-state index contributed by atoms with van der Waals surface area (Å²) in [6.45, 7) is 2.94. The summed E-state index contributed by atoms with van der Waals surface area (Å²) in [5.74, 6) is 0.0478. The van der Waals surface area contributed by atoms with Crippen molar-refractivity contribution in [2.45, 2.75) is 32.2 Å². The van der Waals surface area contributed by atoms with E-state index >= 15 is 0 Å². The van der Waals surface area contributed by atoms with Gasteiger partial charge in [0.05, 0.1) is 11.9 Å². The van der Waals surface area contributed by atoms with E-state index < -0.39 is 5.82 Å². The van der Waals surface area contributed by atoms with Crippen molar-refractivity contribution in [3.05, 3.63) is 65.7 Å². The second kappa shape index (κ2) is 9.46. The molecule has 3 aromatic rings. The molecule has 1 aliphatic heterocycles. The number of hydrogen-bond acceptors (Lipinski definition) is 7. The topological polar surface area (TPSA) is 78.3 Å². The van der Waals surface area contributed by atoms with Gasteiger partial charge in [0.1, 0.15) is 11.6 Å². The molecule has 2 aromatic carbocycles. The van der Waals surface area contributed by atoms with Gasteiger partial charge in [-0.3, -0.25) is 0 Å². The number of hydrogen-bond donors (Lipinski definition) is 2. The lowest BCUT2D eigenvalue weighted by atomic mass is 10.0. The van der Waals surface area contributed by atoms with Crippen LogP contribution in [0, 0.1) is 11.6 Å². The second-order valence-electron chi connectivity index (χ2n) is 7.32. The lowest BCUT2D eigenvalue weighted by Crippen LogP contribution is -2.38. The summed E-state index contributed by atoms with van der Waals surface area (Å²) in [4.78, 5) is 15.4. The molecule has 1 aliphatic rings. The average molecular weight is 423 g/mol. The van der Waals surface area contributed by atoms with E-state index in [9.17, 15) is 8.78 Å². The van der Waals surface area contributed by atoms with E-state index in [1.807, 2.05) is 0 Å². The van der Waals surface area contributed by atoms with E-state index in [1.165, 1.54) is 18.3 Å². The Morgan fingerprint density at radius 3 is 2.48 bits per heavy atom. The first-order chi connectivity index (χ1) is 15.1. The smallest absolute Gasteiger partial charge is 0.250 e. The van der Waals surface area contributed by atoms with Gasteiger partial charge in [-0.1, -0.05) is 30.3 Å². The van der Waals surface area contributed by atoms with Gasteiger partial charge in [0.15, 0.2) is 0 Å². The number of benzene rings is 2. The minimum Gasteiger partial charge on any atom is -0.338 e. The maximum Gasteiger partial charge on any atom is 0.250 e. The predicted molar refractivity (Wildman–Crippen MR) is 118 cm³/mol. The summed E-state index contributed by atoms with van der Waals surface area (Å²) in [7, 11) is 0. The zero-order chi connectivity index (χ0) is 21.6. The highest BCUT2D eigenvalue weighted by molar-refractivity contribution is 5.80. The van der Waals surface area contributed by atoms with E-state index in [2.05, 4.69) is 42.6 Å². The van der Waals surface area contributed by atoms with E-state index in [4.69, 9.17) is 0 Å². The van der Waals surface area contributed by atoms with Crippen LogP contribution in [0.1, 0.15) is 31.7 Å². The number of nitrogens with one attached hydrogen (secondary N) is 2. The molecular formula is C22H23F2N7. The molecule has 1 saturated heterocycles. The van der Waals surface area contributed by atoms with Gasteiger partial charge in [-0.2, -0.15) is 20.1 Å². The van der Waals surface area contributed by atoms with Crippen LogP contribution in [0.2, 0.25) is 0 Å². The molecule has 0 radical (unpaired) electrons. The monoisotopic (exact) mass is 423 g/mol. The minimum absolute atomic E-state index is 0.175. The first kappa shape index (κ1) is 20.6. The average Bonchev–Trinajstić information content (AvgIpc) is 2.77. The van der Waals surface area contributed by atoms with Gasteiger partial charge in [0.25, 0.3) is 0 Å². The number of hydrazone groups is 1. The zero-order valence-corrected chi connectivity index (χ0v) is 17.1. The minimum atomic E-state index is -0.414. The largest absolute Gasteiger partial charge is 0.338 e. The number of aromatic nitrogens is 3. The van der Waals surface area contributed by atoms with Gasteiger partial charge < -0.3 is 10.2 Å². The Bertz CT molecular complexity index is 1070. The first-order valence-electron chi connectivity index (χ1n) is 10.2. The zero-order valence-electron chi connectivity index (χ0n) is 17.1. The molecule has 1 fully saturated rings. The Balaban J connectivity index is 1.62. The fraction of sp³-hybridized carbons (Fsp3) is 0.273. The summed E-state index contributed by atoms with van der Waals surface area (Å²) in [5, 5.41) is 6.96. The number of piperidine rings is 1. The van der Waals surface area contributed by atoms with Gasteiger partial charge in [0, 0.05) is 18.2 Å². The molecule has 7 nitrogen and oxygen atoms in total. The molecule has 0 spiro atoms. The van der Waals surface area contributed by atoms with Gasteiger partial charge in [-0.15, -0.1) is 0 Å². The third-order valence-corrected chi connectivity index (χ3v) is 5.08. The van der Waals surface area contributed by atoms with Crippen molar-refractivity contribution >= 4 is 29.7 Å². The third kappa shape index (κ3) is 5.11. The summed E-state index contributed by atoms with van der Waals surface area (Å²) in [6.07, 6.45) is 4.59. The van der Waals surface area contributed by atoms with Crippen molar-refractivity contribution in [2.75, 3.05) is 22.2 Å². The lowest BCUT2D eigenvalue weighted by molar-refractivity contribution is 0.477. The quantitative estimate of drug-likeness (QED) is 0.441. The fourth-order valence-electron chi connectivity index (χ4n) is 3.42. The second-order valence-corrected chi connectivity index (χ2v) is 7.32. The molecule has 4 rings (SSSR count). The lowest BCUT2D eigenvalue weighted by Gasteiger charge is -2.33. The molecule has 31 heavy (non-hydrogen) atoms. The van der Waals surface area contributed by atoms with E-state index in [-0.39, 0.29) is 29.4 Å². The van der Waals surface area contributed by atoms with Crippen molar-refractivity contribution < 1.29 is 8.78 Å². The molecule has 160 valence electrons. The summed E-state index contributed by atoms with van der Waals surface area (Å²) in [5.41, 5.74) is 3.32. The molecule has 0 saturated carbocycles. The highest BCUT2D eigenvalue weighted by atomic mass is 19.1. The van der Waals surface area contributed by atoms with Crippen LogP contribution in [0.15, 0.2) is 53.6 Å². The third-order valence-electron chi connectivity index (χ3n) is 5.08. The first-order valence-corrected chi connectivity index (χ1v) is 10.2. The van der Waals surface area contributed by atoms with Crippen molar-refractivity contribution in [3.8, 4) is 0 Å². The molecule has 0 amide bonds. The van der Waals surface area contributed by atoms with Gasteiger partial charge in [0.2, 0.25) is 17.8 Å². The van der Waals surface area contributed by atoms with Crippen LogP contribution in [-0.4, -0.2) is 33.8 Å². The Labute approximate surface area is 179 Å². The van der Waals surface area contributed by atoms with E-state index in [0.29, 0.717) is 11.5 Å². The highest BCUT2D eigenvalue weighted by Gasteiger charge is 2.22. The van der Waals surface area contributed by atoms with Crippen LogP contribution in [-0.2, 0) is 0 Å². The molecular weight excluding hydrogens is 400 g/mol. The molecule has 0 bridgehead atoms. The molecule has 0 unspecified atom stereocenters. The van der Waals surface area contributed by atoms with Gasteiger partial charge in [-0.25, -0.2) is 14.2 Å². The predicted octanol–water partition coefficient (Wildman–Crippen LogP) is 4.72. The van der Waals surface area contributed by atoms with Crippen LogP contribution in [0.5, 0.6) is 0 Å². The number of para-hydroxylation sites is 1. The number of nitrogens with zero attached hydrogens (tertiary/aromatic N) is 5. The molecule has 2 heterocycles. The van der Waals surface area contributed by atoms with E-state index in [0.717, 1.165) is 25.8 Å². The molecule has 2 N–H and O–H groups in total. The molecule has 1 atom stereocenters. The number of rotatable bonds is 6. The summed E-state index contributed by atoms with van der Waals surface area (Å²) in [6, 6.07) is 12.9. The molecule has 1 aromatic heterocycles. The van der Waals surface area contributed by atoms with Crippen LogP contribution in [0.3, 0.4) is 0 Å². The highest BCUT2D eigenvalue weighted by Crippen LogP contribution is 2.25. The Hall–Kier alpha value is -3.62.